The smallest absolute Gasteiger partial charge is 0.240 e. The second-order valence-corrected chi connectivity index (χ2v) is 7.07. The van der Waals surface area contributed by atoms with Gasteiger partial charge in [0.2, 0.25) is 11.8 Å². The van der Waals surface area contributed by atoms with Crippen LogP contribution in [-0.2, 0) is 9.59 Å². The van der Waals surface area contributed by atoms with Crippen molar-refractivity contribution in [3.63, 3.8) is 0 Å². The zero-order chi connectivity index (χ0) is 19.8. The number of rotatable bonds is 7. The fraction of sp³-hybridized carbons (Fsp3) is 0.250. The number of hydrogen-bond donors (Lipinski definition) is 2. The zero-order valence-electron chi connectivity index (χ0n) is 15.1. The predicted molar refractivity (Wildman–Crippen MR) is 110 cm³/mol. The maximum atomic E-state index is 12.0. The molecule has 0 saturated heterocycles. The van der Waals surface area contributed by atoms with Gasteiger partial charge in [-0.05, 0) is 29.7 Å². The quantitative estimate of drug-likeness (QED) is 0.508. The summed E-state index contributed by atoms with van der Waals surface area (Å²) in [4.78, 5) is 24.0. The van der Waals surface area contributed by atoms with Gasteiger partial charge in [-0.15, -0.1) is 0 Å². The van der Waals surface area contributed by atoms with E-state index in [4.69, 9.17) is 23.2 Å². The van der Waals surface area contributed by atoms with Crippen molar-refractivity contribution in [2.24, 2.45) is 11.0 Å². The van der Waals surface area contributed by atoms with E-state index >= 15 is 0 Å². The van der Waals surface area contributed by atoms with Gasteiger partial charge < -0.3 is 5.32 Å². The minimum atomic E-state index is -0.332. The van der Waals surface area contributed by atoms with E-state index in [-0.39, 0.29) is 30.6 Å². The van der Waals surface area contributed by atoms with Crippen LogP contribution < -0.4 is 10.7 Å². The highest BCUT2D eigenvalue weighted by Crippen LogP contribution is 2.25. The van der Waals surface area contributed by atoms with Crippen molar-refractivity contribution in [1.82, 2.24) is 5.43 Å². The molecule has 142 valence electrons. The van der Waals surface area contributed by atoms with Crippen LogP contribution in [0.5, 0.6) is 0 Å². The molecular weight excluding hydrogens is 385 g/mol. The monoisotopic (exact) mass is 405 g/mol. The van der Waals surface area contributed by atoms with Crippen LogP contribution in [0.15, 0.2) is 53.6 Å². The SMILES string of the molecule is CC(C)C(=NNC(=O)CCC(=O)Nc1ccc(Cl)cc1Cl)c1ccccc1. The molecule has 0 heterocycles. The van der Waals surface area contributed by atoms with Gasteiger partial charge in [-0.3, -0.25) is 9.59 Å². The molecule has 2 N–H and O–H groups in total. The molecule has 0 spiro atoms. The van der Waals surface area contributed by atoms with Gasteiger partial charge in [0.05, 0.1) is 16.4 Å². The average Bonchev–Trinajstić information content (AvgIpc) is 2.63. The topological polar surface area (TPSA) is 70.6 Å². The minimum absolute atomic E-state index is 0.0146. The van der Waals surface area contributed by atoms with E-state index in [2.05, 4.69) is 15.8 Å². The molecule has 27 heavy (non-hydrogen) atoms. The first-order valence-electron chi connectivity index (χ1n) is 8.53. The molecule has 0 radical (unpaired) electrons. The molecule has 2 aromatic rings. The number of nitrogens with one attached hydrogen (secondary N) is 2. The summed E-state index contributed by atoms with van der Waals surface area (Å²) in [6, 6.07) is 14.4. The molecule has 0 unspecified atom stereocenters. The molecular formula is C20H21Cl2N3O2. The van der Waals surface area contributed by atoms with E-state index in [0.717, 1.165) is 11.3 Å². The van der Waals surface area contributed by atoms with Crippen molar-refractivity contribution in [1.29, 1.82) is 0 Å². The van der Waals surface area contributed by atoms with Gasteiger partial charge in [0.15, 0.2) is 0 Å². The lowest BCUT2D eigenvalue weighted by Crippen LogP contribution is -2.23. The number of benzene rings is 2. The van der Waals surface area contributed by atoms with Crippen LogP contribution >= 0.6 is 23.2 Å². The zero-order valence-corrected chi connectivity index (χ0v) is 16.6. The first-order valence-corrected chi connectivity index (χ1v) is 9.29. The van der Waals surface area contributed by atoms with Gasteiger partial charge in [-0.25, -0.2) is 5.43 Å². The summed E-state index contributed by atoms with van der Waals surface area (Å²) in [5.41, 5.74) is 4.71. The van der Waals surface area contributed by atoms with Gasteiger partial charge in [0.25, 0.3) is 0 Å². The van der Waals surface area contributed by atoms with Gasteiger partial charge in [-0.2, -0.15) is 5.10 Å². The summed E-state index contributed by atoms with van der Waals surface area (Å²) < 4.78 is 0. The van der Waals surface area contributed by atoms with Crippen molar-refractivity contribution < 1.29 is 9.59 Å². The van der Waals surface area contributed by atoms with Crippen molar-refractivity contribution in [3.05, 3.63) is 64.1 Å². The molecule has 0 bridgehead atoms. The molecule has 0 saturated carbocycles. The van der Waals surface area contributed by atoms with E-state index in [0.29, 0.717) is 15.7 Å². The Bertz CT molecular complexity index is 836. The third-order valence-electron chi connectivity index (χ3n) is 3.70. The first kappa shape index (κ1) is 20.9. The molecule has 2 aromatic carbocycles. The van der Waals surface area contributed by atoms with E-state index in [1.807, 2.05) is 44.2 Å². The predicted octanol–water partition coefficient (Wildman–Crippen LogP) is 4.89. The molecule has 0 fully saturated rings. The summed E-state index contributed by atoms with van der Waals surface area (Å²) >= 11 is 11.8. The third kappa shape index (κ3) is 6.70. The van der Waals surface area contributed by atoms with Gasteiger partial charge in [0.1, 0.15) is 0 Å². The highest BCUT2D eigenvalue weighted by Gasteiger charge is 2.11. The van der Waals surface area contributed by atoms with Crippen molar-refractivity contribution in [2.75, 3.05) is 5.32 Å². The van der Waals surface area contributed by atoms with Gasteiger partial charge >= 0.3 is 0 Å². The van der Waals surface area contributed by atoms with E-state index < -0.39 is 0 Å². The number of halogens is 2. The van der Waals surface area contributed by atoms with E-state index in [1.165, 1.54) is 6.07 Å². The van der Waals surface area contributed by atoms with Crippen molar-refractivity contribution in [2.45, 2.75) is 26.7 Å². The summed E-state index contributed by atoms with van der Waals surface area (Å²) in [6.45, 7) is 4.00. The van der Waals surface area contributed by atoms with Crippen LogP contribution in [0.1, 0.15) is 32.3 Å². The molecule has 5 nitrogen and oxygen atoms in total. The van der Waals surface area contributed by atoms with Crippen LogP contribution in [0.25, 0.3) is 0 Å². The lowest BCUT2D eigenvalue weighted by Gasteiger charge is -2.11. The molecule has 2 rings (SSSR count). The molecule has 2 amide bonds. The standard InChI is InChI=1S/C20H21Cl2N3O2/c1-13(2)20(14-6-4-3-5-7-14)25-24-19(27)11-10-18(26)23-17-9-8-15(21)12-16(17)22/h3-9,12-13H,10-11H2,1-2H3,(H,23,26)(H,24,27). The Hall–Kier alpha value is -2.37. The molecule has 7 heteroatoms. The Balaban J connectivity index is 1.88. The third-order valence-corrected chi connectivity index (χ3v) is 4.25. The lowest BCUT2D eigenvalue weighted by molar-refractivity contribution is -0.124. The fourth-order valence-corrected chi connectivity index (χ4v) is 2.80. The van der Waals surface area contributed by atoms with Crippen molar-refractivity contribution >= 4 is 46.4 Å². The summed E-state index contributed by atoms with van der Waals surface area (Å²) in [6.07, 6.45) is 0.0311. The fourth-order valence-electron chi connectivity index (χ4n) is 2.34. The van der Waals surface area contributed by atoms with Gasteiger partial charge in [-0.1, -0.05) is 67.4 Å². The average molecular weight is 406 g/mol. The first-order chi connectivity index (χ1) is 12.9. The number of hydrogen-bond acceptors (Lipinski definition) is 3. The Morgan fingerprint density at radius 2 is 1.67 bits per heavy atom. The molecule has 0 aliphatic rings. The van der Waals surface area contributed by atoms with E-state index in [1.54, 1.807) is 12.1 Å². The Labute approximate surface area is 168 Å². The Morgan fingerprint density at radius 3 is 2.30 bits per heavy atom. The van der Waals surface area contributed by atoms with E-state index in [9.17, 15) is 9.59 Å². The van der Waals surface area contributed by atoms with Crippen LogP contribution in [0.4, 0.5) is 5.69 Å². The highest BCUT2D eigenvalue weighted by molar-refractivity contribution is 6.36. The summed E-state index contributed by atoms with van der Waals surface area (Å²) in [5, 5.41) is 7.71. The highest BCUT2D eigenvalue weighted by atomic mass is 35.5. The van der Waals surface area contributed by atoms with Crippen LogP contribution in [0.3, 0.4) is 0 Å². The van der Waals surface area contributed by atoms with Crippen LogP contribution in [0, 0.1) is 5.92 Å². The number of carbonyl (C=O) groups excluding carboxylic acids is 2. The number of nitrogens with zero attached hydrogens (tertiary/aromatic N) is 1. The van der Waals surface area contributed by atoms with Crippen molar-refractivity contribution in [3.8, 4) is 0 Å². The van der Waals surface area contributed by atoms with Crippen LogP contribution in [-0.4, -0.2) is 17.5 Å². The number of carbonyl (C=O) groups is 2. The summed E-state index contributed by atoms with van der Waals surface area (Å²) in [5.74, 6) is -0.505. The van der Waals surface area contributed by atoms with Gasteiger partial charge in [0, 0.05) is 17.9 Å². The van der Waals surface area contributed by atoms with Crippen LogP contribution in [0.2, 0.25) is 10.0 Å². The second-order valence-electron chi connectivity index (χ2n) is 6.23. The lowest BCUT2D eigenvalue weighted by atomic mass is 10.0. The normalized spacial score (nSPS) is 11.4. The molecule has 0 aliphatic carbocycles. The maximum Gasteiger partial charge on any atom is 0.240 e. The second kappa shape index (κ2) is 10.1. The number of amides is 2. The number of anilines is 1. The molecule has 0 aromatic heterocycles. The molecule has 0 aliphatic heterocycles. The number of hydrazone groups is 1. The summed E-state index contributed by atoms with van der Waals surface area (Å²) in [7, 11) is 0. The Morgan fingerprint density at radius 1 is 1.00 bits per heavy atom. The molecule has 0 atom stereocenters. The maximum absolute atomic E-state index is 12.0. The largest absolute Gasteiger partial charge is 0.325 e. The Kier molecular flexibility index (Phi) is 7.82. The minimum Gasteiger partial charge on any atom is -0.325 e.